The fourth-order valence-electron chi connectivity index (χ4n) is 9.10. The van der Waals surface area contributed by atoms with Gasteiger partial charge in [-0.1, -0.05) is 32.1 Å². The average Bonchev–Trinajstić information content (AvgIpc) is 3.30. The molecule has 7 atom stereocenters. The molecular weight excluding hydrogens is 545 g/mol. The first-order valence-corrected chi connectivity index (χ1v) is 15.1. The van der Waals surface area contributed by atoms with Crippen LogP contribution in [0.5, 0.6) is 0 Å². The van der Waals surface area contributed by atoms with Gasteiger partial charge in [-0.3, -0.25) is 9.59 Å². The fourth-order valence-corrected chi connectivity index (χ4v) is 9.10. The zero-order valence-electron chi connectivity index (χ0n) is 24.5. The lowest BCUT2D eigenvalue weighted by molar-refractivity contribution is -0.137. The van der Waals surface area contributed by atoms with E-state index in [9.17, 15) is 27.6 Å². The maximum absolute atomic E-state index is 13.7. The second-order valence-corrected chi connectivity index (χ2v) is 13.4. The van der Waals surface area contributed by atoms with Gasteiger partial charge in [-0.15, -0.1) is 0 Å². The van der Waals surface area contributed by atoms with Gasteiger partial charge in [0.1, 0.15) is 11.9 Å². The Morgan fingerprint density at radius 1 is 1.07 bits per heavy atom. The van der Waals surface area contributed by atoms with Crippen LogP contribution in [0.2, 0.25) is 0 Å². The molecule has 2 saturated carbocycles. The minimum absolute atomic E-state index is 0.000908. The highest BCUT2D eigenvalue weighted by atomic mass is 19.4. The number of rotatable bonds is 3. The molecule has 226 valence electrons. The molecule has 6 rings (SSSR count). The van der Waals surface area contributed by atoms with Crippen LogP contribution in [-0.2, 0) is 20.5 Å². The Labute approximate surface area is 244 Å². The van der Waals surface area contributed by atoms with E-state index in [0.29, 0.717) is 57.0 Å². The number of ketones is 2. The summed E-state index contributed by atoms with van der Waals surface area (Å²) in [5.74, 6) is 0.668. The van der Waals surface area contributed by atoms with Crippen molar-refractivity contribution >= 4 is 23.3 Å². The maximum Gasteiger partial charge on any atom is 0.416 e. The Balaban J connectivity index is 1.23. The van der Waals surface area contributed by atoms with Crippen LogP contribution in [0.1, 0.15) is 58.4 Å². The highest BCUT2D eigenvalue weighted by Crippen LogP contribution is 2.65. The number of halogens is 3. The molecule has 9 heteroatoms. The van der Waals surface area contributed by atoms with Crippen molar-refractivity contribution in [1.29, 1.82) is 0 Å². The second-order valence-electron chi connectivity index (χ2n) is 13.4. The van der Waals surface area contributed by atoms with Crippen LogP contribution >= 0.6 is 0 Å². The molecule has 0 spiro atoms. The van der Waals surface area contributed by atoms with E-state index in [-0.39, 0.29) is 40.2 Å². The number of fused-ring (bicyclic) bond motifs is 5. The Morgan fingerprint density at radius 2 is 1.81 bits per heavy atom. The normalized spacial score (nSPS) is 36.1. The number of Topliss-reactive ketones (excluding diaryl/α,β-unsaturated/α-hetero) is 1. The Kier molecular flexibility index (Phi) is 7.09. The summed E-state index contributed by atoms with van der Waals surface area (Å²) in [6.45, 7) is 7.52. The van der Waals surface area contributed by atoms with Crippen LogP contribution in [0.25, 0.3) is 0 Å². The molecule has 1 heterocycles. The van der Waals surface area contributed by atoms with Crippen molar-refractivity contribution in [3.8, 4) is 0 Å². The van der Waals surface area contributed by atoms with E-state index in [1.54, 1.807) is 24.0 Å². The summed E-state index contributed by atoms with van der Waals surface area (Å²) in [4.78, 5) is 42.3. The first kappa shape index (κ1) is 29.0. The van der Waals surface area contributed by atoms with Gasteiger partial charge in [0.15, 0.2) is 5.78 Å². The third kappa shape index (κ3) is 4.77. The van der Waals surface area contributed by atoms with Crippen molar-refractivity contribution in [3.05, 3.63) is 53.6 Å². The number of alkyl halides is 3. The molecule has 6 nitrogen and oxygen atoms in total. The highest BCUT2D eigenvalue weighted by Gasteiger charge is 2.63. The molecule has 0 bridgehead atoms. The van der Waals surface area contributed by atoms with E-state index in [4.69, 9.17) is 4.74 Å². The third-order valence-electron chi connectivity index (χ3n) is 11.3. The van der Waals surface area contributed by atoms with E-state index in [2.05, 4.69) is 26.0 Å². The molecule has 0 radical (unpaired) electrons. The smallest absolute Gasteiger partial charge is 0.416 e. The summed E-state index contributed by atoms with van der Waals surface area (Å²) in [6, 6.07) is 5.28. The molecule has 1 saturated heterocycles. The zero-order valence-corrected chi connectivity index (χ0v) is 24.5. The number of hydrogen-bond donors (Lipinski definition) is 0. The van der Waals surface area contributed by atoms with Crippen LogP contribution < -0.4 is 4.90 Å². The van der Waals surface area contributed by atoms with Gasteiger partial charge < -0.3 is 14.5 Å². The summed E-state index contributed by atoms with van der Waals surface area (Å²) >= 11 is 0. The van der Waals surface area contributed by atoms with Gasteiger partial charge in [-0.25, -0.2) is 4.79 Å². The number of carbonyl (C=O) groups is 3. The van der Waals surface area contributed by atoms with Gasteiger partial charge in [0.2, 0.25) is 0 Å². The largest absolute Gasteiger partial charge is 0.446 e. The fraction of sp³-hybridized carbons (Fsp3) is 0.606. The highest BCUT2D eigenvalue weighted by molar-refractivity contribution is 5.92. The van der Waals surface area contributed by atoms with E-state index in [0.717, 1.165) is 30.5 Å². The van der Waals surface area contributed by atoms with Crippen molar-refractivity contribution in [1.82, 2.24) is 4.90 Å². The molecule has 5 aliphatic rings. The minimum Gasteiger partial charge on any atom is -0.446 e. The van der Waals surface area contributed by atoms with Crippen LogP contribution in [0, 0.1) is 34.5 Å². The first-order valence-electron chi connectivity index (χ1n) is 15.1. The molecule has 0 unspecified atom stereocenters. The minimum atomic E-state index is -4.42. The van der Waals surface area contributed by atoms with Gasteiger partial charge in [0.25, 0.3) is 0 Å². The molecule has 1 aliphatic heterocycles. The molecule has 4 aliphatic carbocycles. The summed E-state index contributed by atoms with van der Waals surface area (Å²) in [5, 5.41) is 0. The summed E-state index contributed by atoms with van der Waals surface area (Å²) < 4.78 is 46.1. The van der Waals surface area contributed by atoms with Gasteiger partial charge in [-0.05, 0) is 85.1 Å². The predicted molar refractivity (Wildman–Crippen MR) is 152 cm³/mol. The Hall–Kier alpha value is -3.10. The van der Waals surface area contributed by atoms with Crippen molar-refractivity contribution in [3.63, 3.8) is 0 Å². The summed E-state index contributed by atoms with van der Waals surface area (Å²) in [6.07, 6.45) is 4.36. The number of hydrogen-bond acceptors (Lipinski definition) is 5. The third-order valence-corrected chi connectivity index (χ3v) is 11.3. The molecule has 1 aromatic rings. The number of anilines is 1. The number of allylic oxidation sites excluding steroid dienone is 4. The summed E-state index contributed by atoms with van der Waals surface area (Å²) in [7, 11) is 0. The molecule has 1 amide bonds. The SMILES string of the molecule is CC(=O)[C@H]1CC[C@H]2[C@@H]3C=CC4=CC(=O)CC[C@@]4(C)[C@@H]3[C@@H](OC(=O)N3CCN(c4cccc(C(F)(F)F)c4)CC3)C[C@]12C. The number of amides is 1. The number of carbonyl (C=O) groups excluding carboxylic acids is 3. The average molecular weight is 585 g/mol. The molecule has 0 N–H and O–H groups in total. The lowest BCUT2D eigenvalue weighted by atomic mass is 9.47. The number of piperazine rings is 1. The van der Waals surface area contributed by atoms with Crippen molar-refractivity contribution in [2.45, 2.75) is 65.2 Å². The lowest BCUT2D eigenvalue weighted by Crippen LogP contribution is -2.58. The lowest BCUT2D eigenvalue weighted by Gasteiger charge is -2.58. The molecular formula is C33H39F3N2O4. The number of benzene rings is 1. The van der Waals surface area contributed by atoms with Gasteiger partial charge in [0.05, 0.1) is 5.56 Å². The van der Waals surface area contributed by atoms with E-state index in [1.165, 1.54) is 6.07 Å². The van der Waals surface area contributed by atoms with E-state index >= 15 is 0 Å². The molecule has 0 aromatic heterocycles. The topological polar surface area (TPSA) is 66.9 Å². The Morgan fingerprint density at radius 3 is 2.50 bits per heavy atom. The standard InChI is InChI=1S/C33H39F3N2O4/c1-20(39)26-9-10-27-25-8-7-21-18-24(40)11-12-31(21,2)29(25)28(19-32(26,27)3)42-30(41)38-15-13-37(14-16-38)23-6-4-5-22(17-23)33(34,35)36/h4-8,17-18,25-29H,9-16,19H2,1-3H3/t25-,26+,27-,28-,29-,31+,32+/m0/s1. The van der Waals surface area contributed by atoms with Crippen molar-refractivity contribution in [2.75, 3.05) is 31.1 Å². The van der Waals surface area contributed by atoms with E-state index in [1.807, 2.05) is 4.90 Å². The van der Waals surface area contributed by atoms with Crippen LogP contribution in [0.4, 0.5) is 23.7 Å². The predicted octanol–water partition coefficient (Wildman–Crippen LogP) is 6.46. The second kappa shape index (κ2) is 10.3. The van der Waals surface area contributed by atoms with Gasteiger partial charge in [0, 0.05) is 50.1 Å². The monoisotopic (exact) mass is 584 g/mol. The van der Waals surface area contributed by atoms with Gasteiger partial charge >= 0.3 is 12.3 Å². The molecule has 42 heavy (non-hydrogen) atoms. The zero-order chi connectivity index (χ0) is 30.0. The molecule has 1 aromatic carbocycles. The van der Waals surface area contributed by atoms with Crippen LogP contribution in [-0.4, -0.2) is 54.8 Å². The summed E-state index contributed by atoms with van der Waals surface area (Å²) in [5.41, 5.74) is 0.198. The van der Waals surface area contributed by atoms with Crippen LogP contribution in [0.3, 0.4) is 0 Å². The first-order chi connectivity index (χ1) is 19.8. The van der Waals surface area contributed by atoms with E-state index < -0.39 is 23.9 Å². The van der Waals surface area contributed by atoms with Crippen molar-refractivity contribution < 1.29 is 32.3 Å². The van der Waals surface area contributed by atoms with Gasteiger partial charge in [-0.2, -0.15) is 13.2 Å². The maximum atomic E-state index is 13.7. The Bertz CT molecular complexity index is 1350. The van der Waals surface area contributed by atoms with Crippen LogP contribution in [0.15, 0.2) is 48.1 Å². The molecule has 3 fully saturated rings. The quantitative estimate of drug-likeness (QED) is 0.408. The number of ether oxygens (including phenoxy) is 1. The number of nitrogens with zero attached hydrogens (tertiary/aromatic N) is 2. The van der Waals surface area contributed by atoms with Crippen molar-refractivity contribution in [2.24, 2.45) is 34.5 Å².